The van der Waals surface area contributed by atoms with E-state index in [4.69, 9.17) is 4.74 Å². The fourth-order valence-electron chi connectivity index (χ4n) is 7.99. The normalized spacial score (nSPS) is 30.5. The van der Waals surface area contributed by atoms with E-state index in [2.05, 4.69) is 54.6 Å². The first-order valence-corrected chi connectivity index (χ1v) is 18.0. The number of hydrogen-bond acceptors (Lipinski definition) is 5. The van der Waals surface area contributed by atoms with Gasteiger partial charge in [0.2, 0.25) is 0 Å². The number of nitrogens with zero attached hydrogens (tertiary/aromatic N) is 4. The Hall–Kier alpha value is -1.25. The van der Waals surface area contributed by atoms with Crippen molar-refractivity contribution in [3.8, 4) is 0 Å². The zero-order chi connectivity index (χ0) is 31.6. The molecule has 4 aliphatic heterocycles. The van der Waals surface area contributed by atoms with E-state index in [0.29, 0.717) is 24.2 Å². The smallest absolute Gasteiger partial charge is 0.410 e. The number of ether oxygens (including phenoxy) is 1. The molecule has 0 saturated carbocycles. The van der Waals surface area contributed by atoms with Gasteiger partial charge in [-0.25, -0.2) is 9.59 Å². The van der Waals surface area contributed by atoms with E-state index >= 15 is 0 Å². The molecule has 4 rings (SSSR count). The number of carbonyl (C=O) groups is 2. The molecule has 1 N–H and O–H groups in total. The predicted molar refractivity (Wildman–Crippen MR) is 185 cm³/mol. The van der Waals surface area contributed by atoms with E-state index in [9.17, 15) is 9.59 Å². The summed E-state index contributed by atoms with van der Waals surface area (Å²) in [4.78, 5) is 34.2. The Morgan fingerprint density at radius 2 is 1.09 bits per heavy atom. The highest BCUT2D eigenvalue weighted by molar-refractivity contribution is 5.85. The maximum absolute atomic E-state index is 12.5. The summed E-state index contributed by atoms with van der Waals surface area (Å²) in [5.41, 5.74) is -0.416. The summed E-state index contributed by atoms with van der Waals surface area (Å²) in [5, 5.41) is 3.12. The molecule has 8 nitrogen and oxygen atoms in total. The van der Waals surface area contributed by atoms with Gasteiger partial charge in [-0.15, -0.1) is 12.4 Å². The molecule has 4 saturated heterocycles. The van der Waals surface area contributed by atoms with Crippen molar-refractivity contribution in [2.75, 3.05) is 32.7 Å². The second kappa shape index (κ2) is 18.8. The van der Waals surface area contributed by atoms with E-state index in [1.54, 1.807) is 0 Å². The first kappa shape index (κ1) is 38.9. The van der Waals surface area contributed by atoms with Crippen LogP contribution in [0.2, 0.25) is 0 Å². The summed E-state index contributed by atoms with van der Waals surface area (Å²) in [6.45, 7) is 22.6. The zero-order valence-corrected chi connectivity index (χ0v) is 30.4. The van der Waals surface area contributed by atoms with Crippen molar-refractivity contribution in [3.63, 3.8) is 0 Å². The summed E-state index contributed by atoms with van der Waals surface area (Å²) in [5.74, 6) is 0. The van der Waals surface area contributed by atoms with Crippen molar-refractivity contribution >= 4 is 24.5 Å². The fraction of sp³-hybridized carbons (Fsp3) is 0.943. The van der Waals surface area contributed by atoms with Crippen LogP contribution in [-0.4, -0.2) is 106 Å². The summed E-state index contributed by atoms with van der Waals surface area (Å²) in [6.07, 6.45) is 15.9. The van der Waals surface area contributed by atoms with Gasteiger partial charge >= 0.3 is 12.1 Å². The molecule has 9 heteroatoms. The van der Waals surface area contributed by atoms with Crippen LogP contribution >= 0.6 is 12.4 Å². The third-order valence-electron chi connectivity index (χ3n) is 10.1. The fourth-order valence-corrected chi connectivity index (χ4v) is 7.99. The topological polar surface area (TPSA) is 68.4 Å². The molecule has 0 spiro atoms. The van der Waals surface area contributed by atoms with Gasteiger partial charge in [-0.05, 0) is 132 Å². The van der Waals surface area contributed by atoms with E-state index in [-0.39, 0.29) is 36.6 Å². The molecule has 0 aromatic rings. The molecule has 0 radical (unpaired) electrons. The van der Waals surface area contributed by atoms with Gasteiger partial charge in [0.15, 0.2) is 0 Å². The SMILES string of the molecule is CC1CC(N2CCCCC2)CC(C)N1C(=O)OC(C)(C)C.CCCCCNC(=O)N1C(C)CC(N2CCCCC2)CC1C.Cl. The van der Waals surface area contributed by atoms with Gasteiger partial charge in [-0.2, -0.15) is 0 Å². The van der Waals surface area contributed by atoms with Crippen LogP contribution in [0.15, 0.2) is 0 Å². The number of rotatable bonds is 6. The van der Waals surface area contributed by atoms with Gasteiger partial charge in [-0.1, -0.05) is 32.6 Å². The first-order chi connectivity index (χ1) is 20.4. The van der Waals surface area contributed by atoms with Gasteiger partial charge in [-0.3, -0.25) is 0 Å². The van der Waals surface area contributed by atoms with E-state index in [1.165, 1.54) is 77.5 Å². The van der Waals surface area contributed by atoms with E-state index in [1.807, 2.05) is 25.7 Å². The molecule has 4 atom stereocenters. The molecule has 44 heavy (non-hydrogen) atoms. The van der Waals surface area contributed by atoms with Gasteiger partial charge in [0.25, 0.3) is 0 Å². The number of halogens is 1. The highest BCUT2D eigenvalue weighted by atomic mass is 35.5. The van der Waals surface area contributed by atoms with Crippen LogP contribution in [0.3, 0.4) is 0 Å². The Balaban J connectivity index is 0.000000300. The average Bonchev–Trinajstić information content (AvgIpc) is 2.95. The third-order valence-corrected chi connectivity index (χ3v) is 10.1. The molecular formula is C35H68ClN5O3. The minimum Gasteiger partial charge on any atom is -0.444 e. The third kappa shape index (κ3) is 11.8. The molecule has 4 fully saturated rings. The maximum Gasteiger partial charge on any atom is 0.410 e. The number of piperidine rings is 4. The second-order valence-electron chi connectivity index (χ2n) is 15.1. The lowest BCUT2D eigenvalue weighted by atomic mass is 9.90. The van der Waals surface area contributed by atoms with Crippen LogP contribution in [0.4, 0.5) is 9.59 Å². The van der Waals surface area contributed by atoms with Crippen molar-refractivity contribution in [3.05, 3.63) is 0 Å². The molecule has 3 amide bonds. The Morgan fingerprint density at radius 3 is 1.48 bits per heavy atom. The molecular weight excluding hydrogens is 574 g/mol. The van der Waals surface area contributed by atoms with E-state index in [0.717, 1.165) is 38.6 Å². The number of nitrogens with one attached hydrogen (secondary N) is 1. The average molecular weight is 642 g/mol. The number of carbonyl (C=O) groups excluding carboxylic acids is 2. The van der Waals surface area contributed by atoms with Crippen LogP contribution in [0.1, 0.15) is 139 Å². The number of unbranched alkanes of at least 4 members (excludes halogenated alkanes) is 2. The van der Waals surface area contributed by atoms with Crippen LogP contribution in [-0.2, 0) is 4.74 Å². The monoisotopic (exact) mass is 642 g/mol. The molecule has 0 aliphatic carbocycles. The number of likely N-dealkylation sites (tertiary alicyclic amines) is 4. The van der Waals surface area contributed by atoms with Gasteiger partial charge in [0, 0.05) is 42.8 Å². The van der Waals surface area contributed by atoms with Crippen LogP contribution in [0, 0.1) is 0 Å². The molecule has 4 unspecified atom stereocenters. The molecule has 0 aromatic carbocycles. The van der Waals surface area contributed by atoms with Crippen LogP contribution in [0.25, 0.3) is 0 Å². The second-order valence-corrected chi connectivity index (χ2v) is 15.1. The summed E-state index contributed by atoms with van der Waals surface area (Å²) in [6, 6.07) is 2.67. The number of hydrogen-bond donors (Lipinski definition) is 1. The zero-order valence-electron chi connectivity index (χ0n) is 29.6. The van der Waals surface area contributed by atoms with Gasteiger partial charge < -0.3 is 29.7 Å². The number of urea groups is 1. The first-order valence-electron chi connectivity index (χ1n) is 18.0. The standard InChI is InChI=1S/C18H35N3O.C17H32N2O2.ClH/c1-4-5-7-10-19-18(22)21-15(2)13-17(14-16(21)3)20-11-8-6-9-12-20;1-13-11-15(18-9-7-6-8-10-18)12-14(2)19(13)16(20)21-17(3,4)5;/h15-17H,4-14H2,1-3H3,(H,19,22);13-15H,6-12H2,1-5H3;1H. The van der Waals surface area contributed by atoms with Crippen molar-refractivity contribution < 1.29 is 14.3 Å². The lowest BCUT2D eigenvalue weighted by Gasteiger charge is -2.47. The molecule has 0 aromatic heterocycles. The lowest BCUT2D eigenvalue weighted by Crippen LogP contribution is -2.58. The predicted octanol–water partition coefficient (Wildman–Crippen LogP) is 7.68. The Bertz CT molecular complexity index is 819. The Kier molecular flexibility index (Phi) is 16.6. The Labute approximate surface area is 276 Å². The Morgan fingerprint density at radius 1 is 0.682 bits per heavy atom. The van der Waals surface area contributed by atoms with Crippen molar-refractivity contribution in [1.82, 2.24) is 24.9 Å². The maximum atomic E-state index is 12.5. The van der Waals surface area contributed by atoms with Gasteiger partial charge in [0.1, 0.15) is 5.60 Å². The molecule has 0 bridgehead atoms. The highest BCUT2D eigenvalue weighted by Crippen LogP contribution is 2.30. The minimum absolute atomic E-state index is 0. The minimum atomic E-state index is -0.416. The highest BCUT2D eigenvalue weighted by Gasteiger charge is 2.39. The lowest BCUT2D eigenvalue weighted by molar-refractivity contribution is -0.0163. The van der Waals surface area contributed by atoms with E-state index < -0.39 is 5.60 Å². The summed E-state index contributed by atoms with van der Waals surface area (Å²) >= 11 is 0. The quantitative estimate of drug-likeness (QED) is 0.301. The van der Waals surface area contributed by atoms with Crippen molar-refractivity contribution in [2.24, 2.45) is 0 Å². The van der Waals surface area contributed by atoms with Crippen molar-refractivity contribution in [2.45, 2.75) is 181 Å². The summed E-state index contributed by atoms with van der Waals surface area (Å²) in [7, 11) is 0. The number of amides is 3. The molecule has 258 valence electrons. The summed E-state index contributed by atoms with van der Waals surface area (Å²) < 4.78 is 5.57. The van der Waals surface area contributed by atoms with Gasteiger partial charge in [0.05, 0.1) is 0 Å². The largest absolute Gasteiger partial charge is 0.444 e. The van der Waals surface area contributed by atoms with Crippen LogP contribution in [0.5, 0.6) is 0 Å². The molecule has 4 heterocycles. The van der Waals surface area contributed by atoms with Crippen LogP contribution < -0.4 is 5.32 Å². The van der Waals surface area contributed by atoms with Crippen molar-refractivity contribution in [1.29, 1.82) is 0 Å². The molecule has 4 aliphatic rings.